The van der Waals surface area contributed by atoms with Crippen molar-refractivity contribution < 1.29 is 9.90 Å². The lowest BCUT2D eigenvalue weighted by molar-refractivity contribution is 0.0862. The first-order valence-electron chi connectivity index (χ1n) is 7.56. The van der Waals surface area contributed by atoms with Crippen molar-refractivity contribution >= 4 is 17.2 Å². The predicted molar refractivity (Wildman–Crippen MR) is 87.0 cm³/mol. The number of rotatable bonds is 4. The summed E-state index contributed by atoms with van der Waals surface area (Å²) in [7, 11) is 0. The standard InChI is InChI=1S/C17H20N2O2S/c1-10(2)7-15-18-9-14(22-15)17(21)19-16-12-6-4-3-5-11(12)8-13(16)20/h3-6,9-10,13,16,20H,7-8H2,1-2H3,(H,19,21)/t13-,16+/m0/s1. The smallest absolute Gasteiger partial charge is 0.263 e. The molecule has 22 heavy (non-hydrogen) atoms. The molecule has 0 unspecified atom stereocenters. The molecule has 1 heterocycles. The van der Waals surface area contributed by atoms with E-state index >= 15 is 0 Å². The number of aliphatic hydroxyl groups is 1. The van der Waals surface area contributed by atoms with Crippen molar-refractivity contribution in [1.29, 1.82) is 0 Å². The number of aliphatic hydroxyl groups excluding tert-OH is 1. The second kappa shape index (κ2) is 6.18. The normalized spacial score (nSPS) is 20.2. The average molecular weight is 316 g/mol. The van der Waals surface area contributed by atoms with E-state index in [0.717, 1.165) is 22.6 Å². The number of benzene rings is 1. The number of hydrogen-bond acceptors (Lipinski definition) is 4. The van der Waals surface area contributed by atoms with Gasteiger partial charge in [-0.25, -0.2) is 4.98 Å². The van der Waals surface area contributed by atoms with E-state index in [-0.39, 0.29) is 11.9 Å². The molecule has 1 aromatic heterocycles. The maximum absolute atomic E-state index is 12.4. The third-order valence-corrected chi connectivity index (χ3v) is 4.87. The Balaban J connectivity index is 1.73. The van der Waals surface area contributed by atoms with Crippen LogP contribution >= 0.6 is 11.3 Å². The third kappa shape index (κ3) is 3.05. The van der Waals surface area contributed by atoms with Crippen molar-refractivity contribution in [2.75, 3.05) is 0 Å². The number of carbonyl (C=O) groups is 1. The zero-order valence-corrected chi connectivity index (χ0v) is 13.6. The quantitative estimate of drug-likeness (QED) is 0.911. The van der Waals surface area contributed by atoms with Gasteiger partial charge in [-0.15, -0.1) is 11.3 Å². The summed E-state index contributed by atoms with van der Waals surface area (Å²) in [6.07, 6.45) is 2.53. The molecule has 0 fully saturated rings. The largest absolute Gasteiger partial charge is 0.390 e. The van der Waals surface area contributed by atoms with E-state index in [1.54, 1.807) is 6.20 Å². The van der Waals surface area contributed by atoms with Gasteiger partial charge < -0.3 is 10.4 Å². The van der Waals surface area contributed by atoms with Gasteiger partial charge in [-0.3, -0.25) is 4.79 Å². The number of amides is 1. The number of nitrogens with zero attached hydrogens (tertiary/aromatic N) is 1. The van der Waals surface area contributed by atoms with Gasteiger partial charge in [0.1, 0.15) is 4.88 Å². The zero-order valence-electron chi connectivity index (χ0n) is 12.7. The molecule has 1 aromatic carbocycles. The number of carbonyl (C=O) groups excluding carboxylic acids is 1. The lowest BCUT2D eigenvalue weighted by Crippen LogP contribution is -2.33. The molecule has 2 N–H and O–H groups in total. The van der Waals surface area contributed by atoms with Crippen LogP contribution in [-0.2, 0) is 12.8 Å². The summed E-state index contributed by atoms with van der Waals surface area (Å²) in [6, 6.07) is 7.52. The lowest BCUT2D eigenvalue weighted by atomic mass is 10.1. The first-order valence-corrected chi connectivity index (χ1v) is 8.37. The third-order valence-electron chi connectivity index (χ3n) is 3.85. The summed E-state index contributed by atoms with van der Waals surface area (Å²) in [5.41, 5.74) is 2.11. The molecule has 0 saturated carbocycles. The number of nitrogens with one attached hydrogen (secondary N) is 1. The van der Waals surface area contributed by atoms with Gasteiger partial charge in [0.05, 0.1) is 23.4 Å². The highest BCUT2D eigenvalue weighted by atomic mass is 32.1. The molecular weight excluding hydrogens is 296 g/mol. The van der Waals surface area contributed by atoms with Crippen LogP contribution in [0.15, 0.2) is 30.5 Å². The maximum Gasteiger partial charge on any atom is 0.263 e. The van der Waals surface area contributed by atoms with Gasteiger partial charge in [-0.05, 0) is 17.0 Å². The molecule has 1 aliphatic carbocycles. The van der Waals surface area contributed by atoms with Crippen molar-refractivity contribution in [2.45, 2.75) is 38.8 Å². The van der Waals surface area contributed by atoms with Crippen LogP contribution < -0.4 is 5.32 Å². The lowest BCUT2D eigenvalue weighted by Gasteiger charge is -2.17. The molecule has 0 radical (unpaired) electrons. The van der Waals surface area contributed by atoms with Crippen LogP contribution in [0.4, 0.5) is 0 Å². The Hall–Kier alpha value is -1.72. The second-order valence-corrected chi connectivity index (χ2v) is 7.25. The van der Waals surface area contributed by atoms with Crippen molar-refractivity contribution in [3.05, 3.63) is 51.5 Å². The van der Waals surface area contributed by atoms with Crippen LogP contribution in [0.2, 0.25) is 0 Å². The predicted octanol–water partition coefficient (Wildman–Crippen LogP) is 2.73. The molecular formula is C17H20N2O2S. The fraction of sp³-hybridized carbons (Fsp3) is 0.412. The van der Waals surface area contributed by atoms with Crippen LogP contribution in [0.1, 0.15) is 45.7 Å². The number of hydrogen-bond donors (Lipinski definition) is 2. The molecule has 1 amide bonds. The van der Waals surface area contributed by atoms with Gasteiger partial charge in [0.15, 0.2) is 0 Å². The Bertz CT molecular complexity index is 681. The molecule has 1 aliphatic rings. The number of thiazole rings is 1. The highest BCUT2D eigenvalue weighted by Crippen LogP contribution is 2.31. The number of aromatic nitrogens is 1. The van der Waals surface area contributed by atoms with Crippen LogP contribution in [0, 0.1) is 5.92 Å². The fourth-order valence-corrected chi connectivity index (χ4v) is 3.85. The van der Waals surface area contributed by atoms with E-state index in [4.69, 9.17) is 0 Å². The summed E-state index contributed by atoms with van der Waals surface area (Å²) in [4.78, 5) is 17.3. The molecule has 2 aromatic rings. The van der Waals surface area contributed by atoms with Crippen LogP contribution in [0.5, 0.6) is 0 Å². The highest BCUT2D eigenvalue weighted by molar-refractivity contribution is 7.13. The maximum atomic E-state index is 12.4. The van der Waals surface area contributed by atoms with E-state index in [2.05, 4.69) is 24.1 Å². The van der Waals surface area contributed by atoms with Gasteiger partial charge in [-0.1, -0.05) is 38.1 Å². The Morgan fingerprint density at radius 2 is 2.23 bits per heavy atom. The van der Waals surface area contributed by atoms with E-state index in [9.17, 15) is 9.90 Å². The van der Waals surface area contributed by atoms with Crippen molar-refractivity contribution in [3.63, 3.8) is 0 Å². The first kappa shape index (κ1) is 15.2. The molecule has 0 aliphatic heterocycles. The zero-order chi connectivity index (χ0) is 15.7. The highest BCUT2D eigenvalue weighted by Gasteiger charge is 2.32. The Morgan fingerprint density at radius 1 is 1.45 bits per heavy atom. The molecule has 0 saturated heterocycles. The Kier molecular flexibility index (Phi) is 4.27. The van der Waals surface area contributed by atoms with E-state index in [0.29, 0.717) is 17.2 Å². The SMILES string of the molecule is CC(C)Cc1ncc(C(=O)N[C@@H]2c3ccccc3C[C@@H]2O)s1. The topological polar surface area (TPSA) is 62.2 Å². The van der Waals surface area contributed by atoms with Crippen molar-refractivity contribution in [2.24, 2.45) is 5.92 Å². The molecule has 2 atom stereocenters. The van der Waals surface area contributed by atoms with Gasteiger partial charge in [0, 0.05) is 12.8 Å². The molecule has 3 rings (SSSR count). The molecule has 0 bridgehead atoms. The Morgan fingerprint density at radius 3 is 3.00 bits per heavy atom. The summed E-state index contributed by atoms with van der Waals surface area (Å²) in [6.45, 7) is 4.26. The van der Waals surface area contributed by atoms with Crippen LogP contribution in [0.3, 0.4) is 0 Å². The first-order chi connectivity index (χ1) is 10.5. The summed E-state index contributed by atoms with van der Waals surface area (Å²) in [5, 5.41) is 14.1. The van der Waals surface area contributed by atoms with Crippen molar-refractivity contribution in [1.82, 2.24) is 10.3 Å². The van der Waals surface area contributed by atoms with Crippen molar-refractivity contribution in [3.8, 4) is 0 Å². The van der Waals surface area contributed by atoms with Crippen LogP contribution in [-0.4, -0.2) is 22.1 Å². The van der Waals surface area contributed by atoms with Gasteiger partial charge in [-0.2, -0.15) is 0 Å². The summed E-state index contributed by atoms with van der Waals surface area (Å²) < 4.78 is 0. The van der Waals surface area contributed by atoms with E-state index < -0.39 is 6.10 Å². The monoisotopic (exact) mass is 316 g/mol. The van der Waals surface area contributed by atoms with Gasteiger partial charge in [0.2, 0.25) is 0 Å². The van der Waals surface area contributed by atoms with Gasteiger partial charge >= 0.3 is 0 Å². The molecule has 0 spiro atoms. The number of fused-ring (bicyclic) bond motifs is 1. The second-order valence-electron chi connectivity index (χ2n) is 6.14. The fourth-order valence-electron chi connectivity index (χ4n) is 2.82. The molecule has 4 nitrogen and oxygen atoms in total. The summed E-state index contributed by atoms with van der Waals surface area (Å²) >= 11 is 1.43. The summed E-state index contributed by atoms with van der Waals surface area (Å²) in [5.74, 6) is 0.360. The minimum absolute atomic E-state index is 0.159. The molecule has 5 heteroatoms. The Labute approximate surface area is 134 Å². The average Bonchev–Trinajstić information content (AvgIpc) is 3.04. The van der Waals surface area contributed by atoms with Crippen LogP contribution in [0.25, 0.3) is 0 Å². The van der Waals surface area contributed by atoms with E-state index in [1.165, 1.54) is 11.3 Å². The minimum Gasteiger partial charge on any atom is -0.390 e. The van der Waals surface area contributed by atoms with E-state index in [1.807, 2.05) is 24.3 Å². The molecule has 116 valence electrons. The van der Waals surface area contributed by atoms with Gasteiger partial charge in [0.25, 0.3) is 5.91 Å². The minimum atomic E-state index is -0.565.